The summed E-state index contributed by atoms with van der Waals surface area (Å²) in [4.78, 5) is 27.3. The molecule has 0 bridgehead atoms. The average molecular weight is 411 g/mol. The Morgan fingerprint density at radius 2 is 1.97 bits per heavy atom. The number of aromatic nitrogens is 3. The molecule has 1 unspecified atom stereocenters. The average Bonchev–Trinajstić information content (AvgIpc) is 3.27. The molecule has 1 aromatic carbocycles. The number of anilines is 1. The summed E-state index contributed by atoms with van der Waals surface area (Å²) in [5.74, 6) is 1.93. The van der Waals surface area contributed by atoms with Crippen LogP contribution in [0, 0.1) is 0 Å². The minimum atomic E-state index is -0.278. The second-order valence-corrected chi connectivity index (χ2v) is 8.43. The van der Waals surface area contributed by atoms with Gasteiger partial charge in [0, 0.05) is 36.8 Å². The lowest BCUT2D eigenvalue weighted by Gasteiger charge is -2.25. The van der Waals surface area contributed by atoms with Gasteiger partial charge < -0.3 is 20.1 Å². The van der Waals surface area contributed by atoms with Crippen molar-refractivity contribution < 1.29 is 9.59 Å². The molecule has 30 heavy (non-hydrogen) atoms. The molecule has 0 spiro atoms. The number of fused-ring (bicyclic) bond motifs is 1. The van der Waals surface area contributed by atoms with Gasteiger partial charge in [-0.15, -0.1) is 10.2 Å². The van der Waals surface area contributed by atoms with Gasteiger partial charge >= 0.3 is 6.03 Å². The molecule has 0 saturated carbocycles. The lowest BCUT2D eigenvalue weighted by molar-refractivity contribution is 0.0727. The molecule has 2 aliphatic heterocycles. The Labute approximate surface area is 177 Å². The van der Waals surface area contributed by atoms with Crippen molar-refractivity contribution in [3.05, 3.63) is 41.5 Å². The first-order valence-corrected chi connectivity index (χ1v) is 10.9. The second-order valence-electron chi connectivity index (χ2n) is 8.43. The third-order valence-corrected chi connectivity index (χ3v) is 5.74. The quantitative estimate of drug-likeness (QED) is 0.807. The molecule has 160 valence electrons. The van der Waals surface area contributed by atoms with Crippen molar-refractivity contribution in [2.24, 2.45) is 0 Å². The Morgan fingerprint density at radius 3 is 2.80 bits per heavy atom. The summed E-state index contributed by atoms with van der Waals surface area (Å²) in [7, 11) is 0. The van der Waals surface area contributed by atoms with E-state index in [-0.39, 0.29) is 24.0 Å². The number of hydrogen-bond acceptors (Lipinski definition) is 4. The van der Waals surface area contributed by atoms with Gasteiger partial charge in [-0.05, 0) is 57.7 Å². The lowest BCUT2D eigenvalue weighted by atomic mass is 10.1. The van der Waals surface area contributed by atoms with Crippen LogP contribution in [0.2, 0.25) is 0 Å². The van der Waals surface area contributed by atoms with Gasteiger partial charge in [-0.2, -0.15) is 0 Å². The molecule has 1 fully saturated rings. The smallest absolute Gasteiger partial charge is 0.319 e. The van der Waals surface area contributed by atoms with E-state index < -0.39 is 0 Å². The molecule has 0 aliphatic carbocycles. The van der Waals surface area contributed by atoms with Crippen LogP contribution in [0.3, 0.4) is 0 Å². The fraction of sp³-hybridized carbons (Fsp3) is 0.545. The van der Waals surface area contributed by atoms with Gasteiger partial charge in [0.1, 0.15) is 5.82 Å². The molecular formula is C22H30N6O2. The van der Waals surface area contributed by atoms with Crippen LogP contribution in [0.25, 0.3) is 0 Å². The highest BCUT2D eigenvalue weighted by molar-refractivity contribution is 5.97. The van der Waals surface area contributed by atoms with Crippen molar-refractivity contribution in [2.45, 2.75) is 71.0 Å². The zero-order chi connectivity index (χ0) is 21.1. The Hall–Kier alpha value is -2.90. The second kappa shape index (κ2) is 8.85. The number of nitrogens with one attached hydrogen (secondary N) is 2. The molecule has 2 aliphatic rings. The first kappa shape index (κ1) is 20.4. The number of likely N-dealkylation sites (tertiary alicyclic amines) is 1. The zero-order valence-electron chi connectivity index (χ0n) is 17.7. The molecule has 0 radical (unpaired) electrons. The number of amides is 3. The van der Waals surface area contributed by atoms with E-state index in [4.69, 9.17) is 0 Å². The highest BCUT2D eigenvalue weighted by atomic mass is 16.2. The van der Waals surface area contributed by atoms with Crippen molar-refractivity contribution in [1.82, 2.24) is 25.0 Å². The predicted octanol–water partition coefficient (Wildman–Crippen LogP) is 3.51. The summed E-state index contributed by atoms with van der Waals surface area (Å²) in [6, 6.07) is 6.84. The maximum absolute atomic E-state index is 13.3. The molecule has 2 aromatic rings. The van der Waals surface area contributed by atoms with E-state index in [0.29, 0.717) is 17.8 Å². The molecule has 3 heterocycles. The zero-order valence-corrected chi connectivity index (χ0v) is 17.7. The van der Waals surface area contributed by atoms with Gasteiger partial charge in [-0.3, -0.25) is 4.79 Å². The normalized spacial score (nSPS) is 18.8. The molecule has 8 nitrogen and oxygen atoms in total. The monoisotopic (exact) mass is 410 g/mol. The largest absolute Gasteiger partial charge is 0.336 e. The third-order valence-electron chi connectivity index (χ3n) is 5.74. The summed E-state index contributed by atoms with van der Waals surface area (Å²) in [5.41, 5.74) is 1.17. The summed E-state index contributed by atoms with van der Waals surface area (Å²) in [6.07, 6.45) is 6.30. The SMILES string of the molecule is CC(C)NC(=O)Nc1cccc(C(=O)N2CCCC2c2nnc3n2CCCCC3)c1. The van der Waals surface area contributed by atoms with Gasteiger partial charge in [0.25, 0.3) is 5.91 Å². The van der Waals surface area contributed by atoms with Gasteiger partial charge in [0.2, 0.25) is 0 Å². The number of aryl methyl sites for hydroxylation is 1. The van der Waals surface area contributed by atoms with Crippen LogP contribution < -0.4 is 10.6 Å². The molecule has 2 N–H and O–H groups in total. The van der Waals surface area contributed by atoms with Crippen molar-refractivity contribution in [3.63, 3.8) is 0 Å². The Bertz CT molecular complexity index is 922. The van der Waals surface area contributed by atoms with Gasteiger partial charge in [-0.1, -0.05) is 12.5 Å². The van der Waals surface area contributed by atoms with E-state index in [9.17, 15) is 9.59 Å². The minimum Gasteiger partial charge on any atom is -0.336 e. The summed E-state index contributed by atoms with van der Waals surface area (Å²) in [6.45, 7) is 5.44. The Balaban J connectivity index is 1.53. The van der Waals surface area contributed by atoms with Crippen LogP contribution in [-0.4, -0.2) is 44.2 Å². The molecule has 8 heteroatoms. The molecular weight excluding hydrogens is 380 g/mol. The predicted molar refractivity (Wildman–Crippen MR) is 114 cm³/mol. The van der Waals surface area contributed by atoms with Crippen LogP contribution in [0.1, 0.15) is 74.0 Å². The molecule has 4 rings (SSSR count). The Morgan fingerprint density at radius 1 is 1.10 bits per heavy atom. The molecule has 1 saturated heterocycles. The highest BCUT2D eigenvalue weighted by Crippen LogP contribution is 2.33. The van der Waals surface area contributed by atoms with Crippen LogP contribution in [0.15, 0.2) is 24.3 Å². The van der Waals surface area contributed by atoms with Crippen LogP contribution in [0.5, 0.6) is 0 Å². The summed E-state index contributed by atoms with van der Waals surface area (Å²) in [5, 5.41) is 14.5. The van der Waals surface area contributed by atoms with Crippen LogP contribution >= 0.6 is 0 Å². The van der Waals surface area contributed by atoms with Gasteiger partial charge in [0.05, 0.1) is 6.04 Å². The maximum atomic E-state index is 13.3. The number of rotatable bonds is 4. The first-order valence-electron chi connectivity index (χ1n) is 10.9. The summed E-state index contributed by atoms with van der Waals surface area (Å²) >= 11 is 0. The van der Waals surface area contributed by atoms with Crippen LogP contribution in [0.4, 0.5) is 10.5 Å². The fourth-order valence-electron chi connectivity index (χ4n) is 4.36. The standard InChI is InChI=1S/C22H30N6O2/c1-15(2)23-22(30)24-17-9-6-8-16(14-17)21(29)27-13-7-10-18(27)20-26-25-19-11-4-3-5-12-28(19)20/h6,8-9,14-15,18H,3-5,7,10-13H2,1-2H3,(H2,23,24,30). The molecule has 3 amide bonds. The fourth-order valence-corrected chi connectivity index (χ4v) is 4.36. The molecule has 1 atom stereocenters. The van der Waals surface area contributed by atoms with Crippen molar-refractivity contribution in [3.8, 4) is 0 Å². The van der Waals surface area contributed by atoms with E-state index in [1.54, 1.807) is 24.3 Å². The van der Waals surface area contributed by atoms with E-state index >= 15 is 0 Å². The number of urea groups is 1. The van der Waals surface area contributed by atoms with E-state index in [2.05, 4.69) is 25.4 Å². The number of carbonyl (C=O) groups is 2. The van der Waals surface area contributed by atoms with E-state index in [0.717, 1.165) is 50.3 Å². The topological polar surface area (TPSA) is 92.2 Å². The van der Waals surface area contributed by atoms with E-state index in [1.165, 1.54) is 6.42 Å². The number of nitrogens with zero attached hydrogens (tertiary/aromatic N) is 4. The van der Waals surface area contributed by atoms with Crippen molar-refractivity contribution in [1.29, 1.82) is 0 Å². The third kappa shape index (κ3) is 4.32. The maximum Gasteiger partial charge on any atom is 0.319 e. The number of benzene rings is 1. The molecule has 1 aromatic heterocycles. The van der Waals surface area contributed by atoms with Crippen molar-refractivity contribution in [2.75, 3.05) is 11.9 Å². The van der Waals surface area contributed by atoms with E-state index in [1.807, 2.05) is 18.7 Å². The lowest BCUT2D eigenvalue weighted by Crippen LogP contribution is -2.34. The summed E-state index contributed by atoms with van der Waals surface area (Å²) < 4.78 is 2.23. The first-order chi connectivity index (χ1) is 14.5. The minimum absolute atomic E-state index is 0.0311. The van der Waals surface area contributed by atoms with Gasteiger partial charge in [0.15, 0.2) is 5.82 Å². The highest BCUT2D eigenvalue weighted by Gasteiger charge is 2.35. The number of carbonyl (C=O) groups excluding carboxylic acids is 2. The number of hydrogen-bond donors (Lipinski definition) is 2. The van der Waals surface area contributed by atoms with Gasteiger partial charge in [-0.25, -0.2) is 4.79 Å². The Kier molecular flexibility index (Phi) is 6.01. The van der Waals surface area contributed by atoms with Crippen molar-refractivity contribution >= 4 is 17.6 Å². The van der Waals surface area contributed by atoms with Crippen LogP contribution in [-0.2, 0) is 13.0 Å².